The molecule has 0 aliphatic carbocycles. The molecular weight excluding hydrogens is 544 g/mol. The second-order valence-corrected chi connectivity index (χ2v) is 11.0. The van der Waals surface area contributed by atoms with Gasteiger partial charge in [-0.2, -0.15) is 0 Å². The molecule has 0 saturated carbocycles. The van der Waals surface area contributed by atoms with Crippen molar-refractivity contribution in [2.24, 2.45) is 5.92 Å². The van der Waals surface area contributed by atoms with E-state index in [-0.39, 0.29) is 59.0 Å². The van der Waals surface area contributed by atoms with E-state index in [2.05, 4.69) is 5.32 Å². The zero-order valence-corrected chi connectivity index (χ0v) is 24.4. The number of amides is 1. The predicted octanol–water partition coefficient (Wildman–Crippen LogP) is 1.61. The van der Waals surface area contributed by atoms with Crippen molar-refractivity contribution in [1.82, 2.24) is 5.32 Å². The van der Waals surface area contributed by atoms with Gasteiger partial charge >= 0.3 is 29.6 Å². The van der Waals surface area contributed by atoms with Crippen molar-refractivity contribution in [2.45, 2.75) is 29.4 Å². The average molecular weight is 570 g/mol. The minimum absolute atomic E-state index is 0. The second kappa shape index (κ2) is 11.8. The van der Waals surface area contributed by atoms with E-state index in [1.54, 1.807) is 18.2 Å². The summed E-state index contributed by atoms with van der Waals surface area (Å²) in [6.45, 7) is 0. The summed E-state index contributed by atoms with van der Waals surface area (Å²) in [4.78, 5) is 12.5. The first-order valence-electron chi connectivity index (χ1n) is 12.3. The third-order valence-corrected chi connectivity index (χ3v) is 8.08. The fourth-order valence-electron chi connectivity index (χ4n) is 5.27. The maximum atomic E-state index is 13.3. The van der Waals surface area contributed by atoms with Gasteiger partial charge in [0, 0.05) is 5.56 Å². The van der Waals surface area contributed by atoms with Crippen LogP contribution in [0.4, 0.5) is 4.39 Å². The van der Waals surface area contributed by atoms with E-state index >= 15 is 0 Å². The number of phenolic OH excluding ortho intramolecular Hbond substituents is 1. The molecule has 5 rings (SSSR count). The normalized spacial score (nSPS) is 19.2. The van der Waals surface area contributed by atoms with Gasteiger partial charge in [-0.1, -0.05) is 66.7 Å². The molecule has 7 nitrogen and oxygen atoms in total. The predicted molar refractivity (Wildman–Crippen MR) is 141 cm³/mol. The molecule has 1 fully saturated rings. The number of benzene rings is 4. The molecule has 1 aliphatic rings. The minimum Gasteiger partial charge on any atom is -0.744 e. The number of rotatable bonds is 8. The van der Waals surface area contributed by atoms with E-state index in [0.717, 1.165) is 5.56 Å². The molecular formula is C30H25FNNaO6S. The number of halogens is 1. The van der Waals surface area contributed by atoms with Crippen molar-refractivity contribution in [3.63, 3.8) is 0 Å². The summed E-state index contributed by atoms with van der Waals surface area (Å²) < 4.78 is 47.7. The van der Waals surface area contributed by atoms with Crippen molar-refractivity contribution in [1.29, 1.82) is 0 Å². The Labute approximate surface area is 253 Å². The van der Waals surface area contributed by atoms with E-state index in [0.29, 0.717) is 22.3 Å². The number of hydrogen-bond donors (Lipinski definition) is 3. The first kappa shape index (κ1) is 29.9. The number of β-lactam (4-membered cyclic amide) rings is 1. The summed E-state index contributed by atoms with van der Waals surface area (Å²) >= 11 is 0. The fourth-order valence-corrected chi connectivity index (χ4v) is 5.79. The Bertz CT molecular complexity index is 1630. The molecule has 0 unspecified atom stereocenters. The first-order valence-corrected chi connectivity index (χ1v) is 13.7. The van der Waals surface area contributed by atoms with Crippen molar-refractivity contribution < 1.29 is 61.9 Å². The van der Waals surface area contributed by atoms with Crippen molar-refractivity contribution in [2.75, 3.05) is 0 Å². The molecule has 4 aromatic rings. The van der Waals surface area contributed by atoms with Crippen LogP contribution in [-0.4, -0.2) is 29.1 Å². The Morgan fingerprint density at radius 1 is 0.925 bits per heavy atom. The van der Waals surface area contributed by atoms with E-state index in [4.69, 9.17) is 0 Å². The maximum Gasteiger partial charge on any atom is 1.00 e. The molecule has 1 heterocycles. The van der Waals surface area contributed by atoms with E-state index in [1.165, 1.54) is 48.5 Å². The van der Waals surface area contributed by atoms with Gasteiger partial charge in [0.15, 0.2) is 0 Å². The molecule has 10 heteroatoms. The molecule has 3 N–H and O–H groups in total. The summed E-state index contributed by atoms with van der Waals surface area (Å²) in [5.41, 5.74) is 1.55. The monoisotopic (exact) mass is 569 g/mol. The number of hydrogen-bond acceptors (Lipinski definition) is 6. The summed E-state index contributed by atoms with van der Waals surface area (Å²) in [7, 11) is -4.65. The molecule has 4 aromatic carbocycles. The van der Waals surface area contributed by atoms with E-state index < -0.39 is 33.5 Å². The van der Waals surface area contributed by atoms with Gasteiger partial charge in [0.05, 0.1) is 16.9 Å². The van der Waals surface area contributed by atoms with E-state index in [1.807, 2.05) is 30.3 Å². The zero-order chi connectivity index (χ0) is 27.8. The van der Waals surface area contributed by atoms with Gasteiger partial charge in [-0.05, 0) is 65.4 Å². The molecule has 3 atom stereocenters. The van der Waals surface area contributed by atoms with Gasteiger partial charge in [-0.3, -0.25) is 4.79 Å². The van der Waals surface area contributed by atoms with Crippen LogP contribution in [0.25, 0.3) is 11.1 Å². The number of phenols is 1. The zero-order valence-electron chi connectivity index (χ0n) is 21.6. The maximum absolute atomic E-state index is 13.3. The number of aliphatic hydroxyl groups excluding tert-OH is 1. The van der Waals surface area contributed by atoms with E-state index in [9.17, 15) is 32.4 Å². The smallest absolute Gasteiger partial charge is 0.744 e. The molecule has 40 heavy (non-hydrogen) atoms. The van der Waals surface area contributed by atoms with Crippen molar-refractivity contribution in [3.05, 3.63) is 120 Å². The van der Waals surface area contributed by atoms with Crippen LogP contribution in [0.3, 0.4) is 0 Å². The number of carbonyl (C=O) groups excluding carboxylic acids is 1. The largest absolute Gasteiger partial charge is 1.00 e. The Kier molecular flexibility index (Phi) is 8.84. The van der Waals surface area contributed by atoms with Crippen molar-refractivity contribution >= 4 is 16.0 Å². The SMILES string of the molecule is O=C1N[C@@](c2ccccc2)(c2ccc(-c3cccc(S(=O)(=O)[O-])c3)cc2O)[C@H]1CC[C@H](O)c1ccc(F)cc1.[Na+]. The Balaban J connectivity index is 0.00000370. The molecule has 0 aromatic heterocycles. The molecule has 1 aliphatic heterocycles. The van der Waals surface area contributed by atoms with Crippen LogP contribution in [0.1, 0.15) is 35.6 Å². The first-order chi connectivity index (χ1) is 18.6. The topological polar surface area (TPSA) is 127 Å². The second-order valence-electron chi connectivity index (χ2n) is 9.57. The van der Waals surface area contributed by atoms with Crippen LogP contribution in [0.5, 0.6) is 5.75 Å². The summed E-state index contributed by atoms with van der Waals surface area (Å²) in [5.74, 6) is -1.40. The van der Waals surface area contributed by atoms with Crippen LogP contribution in [0.15, 0.2) is 102 Å². The number of nitrogens with one attached hydrogen (secondary N) is 1. The third kappa shape index (κ3) is 5.72. The van der Waals surface area contributed by atoms with Gasteiger partial charge in [-0.25, -0.2) is 12.8 Å². The Hall–Kier alpha value is -3.05. The molecule has 1 amide bonds. The van der Waals surface area contributed by atoms with Crippen LogP contribution in [0, 0.1) is 11.7 Å². The quantitative estimate of drug-likeness (QED) is 0.168. The Morgan fingerprint density at radius 3 is 2.23 bits per heavy atom. The Morgan fingerprint density at radius 2 is 1.60 bits per heavy atom. The van der Waals surface area contributed by atoms with Crippen molar-refractivity contribution in [3.8, 4) is 16.9 Å². The molecule has 1 saturated heterocycles. The summed E-state index contributed by atoms with van der Waals surface area (Å²) in [6, 6.07) is 25.1. The number of carbonyl (C=O) groups is 1. The van der Waals surface area contributed by atoms with Gasteiger partial charge in [-0.15, -0.1) is 0 Å². The van der Waals surface area contributed by atoms with Gasteiger partial charge in [0.1, 0.15) is 27.2 Å². The number of aromatic hydroxyl groups is 1. The summed E-state index contributed by atoms with van der Waals surface area (Å²) in [6.07, 6.45) is -0.398. The van der Waals surface area contributed by atoms with Crippen LogP contribution in [0.2, 0.25) is 0 Å². The average Bonchev–Trinajstić information content (AvgIpc) is 2.92. The molecule has 200 valence electrons. The van der Waals surface area contributed by atoms with Gasteiger partial charge in [0.25, 0.3) is 0 Å². The molecule has 0 radical (unpaired) electrons. The van der Waals surface area contributed by atoms with Crippen LogP contribution in [-0.2, 0) is 20.5 Å². The van der Waals surface area contributed by atoms with Crippen LogP contribution >= 0.6 is 0 Å². The molecule has 0 bridgehead atoms. The summed E-state index contributed by atoms with van der Waals surface area (Å²) in [5, 5.41) is 24.9. The van der Waals surface area contributed by atoms with Crippen LogP contribution < -0.4 is 34.9 Å². The fraction of sp³-hybridized carbons (Fsp3) is 0.167. The standard InChI is InChI=1S/C30H26FNO6S.Na/c31-23-12-9-19(10-13-23)27(33)16-15-26-29(35)32-30(26,22-6-2-1-3-7-22)25-14-11-21(18-28(25)34)20-5-4-8-24(17-20)39(36,37)38;/h1-14,17-18,26-27,33-34H,15-16H2,(H,32,35)(H,36,37,38);/q;+1/p-1/t26-,27-,30-;/m0./s1. The van der Waals surface area contributed by atoms with Gasteiger partial charge in [0.2, 0.25) is 5.91 Å². The minimum atomic E-state index is -4.65. The van der Waals surface area contributed by atoms with Gasteiger partial charge < -0.3 is 20.1 Å². The number of aliphatic hydroxyl groups is 1. The molecule has 0 spiro atoms. The third-order valence-electron chi connectivity index (χ3n) is 7.25.